The van der Waals surface area contributed by atoms with Gasteiger partial charge in [0.2, 0.25) is 0 Å². The highest BCUT2D eigenvalue weighted by Gasteiger charge is 2.37. The van der Waals surface area contributed by atoms with E-state index in [-0.39, 0.29) is 12.1 Å². The minimum absolute atomic E-state index is 0.260. The van der Waals surface area contributed by atoms with E-state index in [2.05, 4.69) is 16.3 Å². The molecular formula is C22H33N3O2. The Morgan fingerprint density at radius 3 is 2.41 bits per heavy atom. The fraction of sp³-hybridized carbons (Fsp3) is 0.682. The van der Waals surface area contributed by atoms with E-state index in [4.69, 9.17) is 10.00 Å². The summed E-state index contributed by atoms with van der Waals surface area (Å²) in [5.41, 5.74) is 0.895. The number of aliphatic hydroxyl groups is 1. The summed E-state index contributed by atoms with van der Waals surface area (Å²) < 4.78 is 5.64. The maximum absolute atomic E-state index is 10.3. The van der Waals surface area contributed by atoms with Gasteiger partial charge in [0, 0.05) is 18.6 Å². The second kappa shape index (κ2) is 10.1. The van der Waals surface area contributed by atoms with Gasteiger partial charge in [-0.15, -0.1) is 0 Å². The highest BCUT2D eigenvalue weighted by Crippen LogP contribution is 2.35. The van der Waals surface area contributed by atoms with E-state index in [0.29, 0.717) is 17.9 Å². The summed E-state index contributed by atoms with van der Waals surface area (Å²) in [4.78, 5) is 2.72. The van der Waals surface area contributed by atoms with Crippen LogP contribution in [0.1, 0.15) is 56.9 Å². The van der Waals surface area contributed by atoms with Crippen molar-refractivity contribution in [1.82, 2.24) is 10.2 Å². The average molecular weight is 372 g/mol. The summed E-state index contributed by atoms with van der Waals surface area (Å²) in [6.45, 7) is 4.22. The second-order valence-electron chi connectivity index (χ2n) is 8.06. The van der Waals surface area contributed by atoms with Gasteiger partial charge >= 0.3 is 0 Å². The third-order valence-electron chi connectivity index (χ3n) is 6.07. The Morgan fingerprint density at radius 2 is 1.74 bits per heavy atom. The first kappa shape index (κ1) is 20.1. The molecule has 0 unspecified atom stereocenters. The number of likely N-dealkylation sites (tertiary alicyclic amines) is 1. The van der Waals surface area contributed by atoms with Gasteiger partial charge in [0.05, 0.1) is 11.6 Å². The molecule has 1 aliphatic carbocycles. The van der Waals surface area contributed by atoms with E-state index < -0.39 is 6.10 Å². The first-order valence-electron chi connectivity index (χ1n) is 10.5. The van der Waals surface area contributed by atoms with E-state index in [0.717, 1.165) is 6.54 Å². The van der Waals surface area contributed by atoms with Crippen molar-refractivity contribution in [2.24, 2.45) is 0 Å². The summed E-state index contributed by atoms with van der Waals surface area (Å²) in [6, 6.07) is 9.08. The molecule has 1 saturated heterocycles. The van der Waals surface area contributed by atoms with E-state index in [1.807, 2.05) is 0 Å². The van der Waals surface area contributed by atoms with Crippen LogP contribution in [0, 0.1) is 11.3 Å². The third-order valence-corrected chi connectivity index (χ3v) is 6.07. The molecule has 5 heteroatoms. The zero-order valence-corrected chi connectivity index (χ0v) is 16.3. The van der Waals surface area contributed by atoms with Crippen molar-refractivity contribution < 1.29 is 9.84 Å². The van der Waals surface area contributed by atoms with Crippen LogP contribution < -0.4 is 10.1 Å². The third kappa shape index (κ3) is 5.68. The lowest BCUT2D eigenvalue weighted by molar-refractivity contribution is 0.0289. The van der Waals surface area contributed by atoms with Gasteiger partial charge < -0.3 is 15.2 Å². The lowest BCUT2D eigenvalue weighted by Crippen LogP contribution is -2.58. The van der Waals surface area contributed by atoms with Gasteiger partial charge in [0.15, 0.2) is 0 Å². The molecular weight excluding hydrogens is 338 g/mol. The van der Waals surface area contributed by atoms with Crippen LogP contribution in [0.2, 0.25) is 0 Å². The van der Waals surface area contributed by atoms with Gasteiger partial charge in [-0.1, -0.05) is 25.7 Å². The smallest absolute Gasteiger partial charge is 0.119 e. The molecule has 2 aliphatic rings. The van der Waals surface area contributed by atoms with Crippen molar-refractivity contribution in [3.63, 3.8) is 0 Å². The van der Waals surface area contributed by atoms with Gasteiger partial charge in [-0.05, 0) is 63.0 Å². The number of benzene rings is 1. The van der Waals surface area contributed by atoms with Crippen LogP contribution in [-0.2, 0) is 0 Å². The van der Waals surface area contributed by atoms with Crippen LogP contribution in [0.4, 0.5) is 0 Å². The summed E-state index contributed by atoms with van der Waals surface area (Å²) >= 11 is 0. The minimum Gasteiger partial charge on any atom is -0.491 e. The van der Waals surface area contributed by atoms with E-state index in [1.54, 1.807) is 24.3 Å². The van der Waals surface area contributed by atoms with Crippen LogP contribution >= 0.6 is 0 Å². The Bertz CT molecular complexity index is 599. The molecule has 3 rings (SSSR count). The molecule has 1 heterocycles. The second-order valence-corrected chi connectivity index (χ2v) is 8.06. The molecule has 1 aliphatic heterocycles. The van der Waals surface area contributed by atoms with Gasteiger partial charge in [0.25, 0.3) is 0 Å². The fourth-order valence-corrected chi connectivity index (χ4v) is 4.53. The SMILES string of the molecule is N#Cc1ccc(OC[C@H](O)CNCC2(N3CCCCC3)CCCCC2)cc1. The Kier molecular flexibility index (Phi) is 7.51. The molecule has 5 nitrogen and oxygen atoms in total. The van der Waals surface area contributed by atoms with Crippen LogP contribution in [0.25, 0.3) is 0 Å². The first-order chi connectivity index (χ1) is 13.2. The van der Waals surface area contributed by atoms with Gasteiger partial charge in [-0.2, -0.15) is 5.26 Å². The maximum Gasteiger partial charge on any atom is 0.119 e. The molecule has 2 fully saturated rings. The van der Waals surface area contributed by atoms with Crippen LogP contribution in [-0.4, -0.2) is 54.4 Å². The standard InChI is InChI=1S/C22H33N3O2/c23-15-19-7-9-21(10-8-19)27-17-20(26)16-24-18-22(11-3-1-4-12-22)25-13-5-2-6-14-25/h7-10,20,24,26H,1-6,11-14,16-18H2/t20-/m1/s1. The number of ether oxygens (including phenoxy) is 1. The highest BCUT2D eigenvalue weighted by molar-refractivity contribution is 5.34. The van der Waals surface area contributed by atoms with Crippen molar-refractivity contribution >= 4 is 0 Å². The average Bonchev–Trinajstić information content (AvgIpc) is 2.74. The van der Waals surface area contributed by atoms with E-state index in [1.165, 1.54) is 64.5 Å². The predicted molar refractivity (Wildman–Crippen MR) is 107 cm³/mol. The molecule has 0 amide bonds. The quantitative estimate of drug-likeness (QED) is 0.735. The minimum atomic E-state index is -0.539. The Balaban J connectivity index is 1.44. The van der Waals surface area contributed by atoms with Crippen molar-refractivity contribution in [3.05, 3.63) is 29.8 Å². The van der Waals surface area contributed by atoms with Crippen molar-refractivity contribution in [2.45, 2.75) is 63.0 Å². The zero-order chi connectivity index (χ0) is 19.0. The largest absolute Gasteiger partial charge is 0.491 e. The maximum atomic E-state index is 10.3. The number of nitrogens with one attached hydrogen (secondary N) is 1. The van der Waals surface area contributed by atoms with Gasteiger partial charge in [0.1, 0.15) is 18.5 Å². The van der Waals surface area contributed by atoms with Gasteiger partial charge in [-0.25, -0.2) is 0 Å². The normalized spacial score (nSPS) is 21.3. The highest BCUT2D eigenvalue weighted by atomic mass is 16.5. The summed E-state index contributed by atoms with van der Waals surface area (Å²) in [5, 5.41) is 22.6. The predicted octanol–water partition coefficient (Wildman–Crippen LogP) is 3.08. The molecule has 148 valence electrons. The number of aliphatic hydroxyl groups excluding tert-OH is 1. The topological polar surface area (TPSA) is 68.5 Å². The van der Waals surface area contributed by atoms with Crippen LogP contribution in [0.5, 0.6) is 5.75 Å². The Morgan fingerprint density at radius 1 is 1.07 bits per heavy atom. The molecule has 1 aromatic carbocycles. The molecule has 27 heavy (non-hydrogen) atoms. The molecule has 0 aromatic heterocycles. The number of hydrogen-bond acceptors (Lipinski definition) is 5. The molecule has 0 spiro atoms. The summed E-state index contributed by atoms with van der Waals surface area (Å²) in [6.07, 6.45) is 10.0. The van der Waals surface area contributed by atoms with Crippen molar-refractivity contribution in [1.29, 1.82) is 5.26 Å². The molecule has 1 aromatic rings. The van der Waals surface area contributed by atoms with Crippen molar-refractivity contribution in [3.8, 4) is 11.8 Å². The summed E-state index contributed by atoms with van der Waals surface area (Å²) in [5.74, 6) is 0.685. The fourth-order valence-electron chi connectivity index (χ4n) is 4.53. The number of nitriles is 1. The van der Waals surface area contributed by atoms with Crippen LogP contribution in [0.3, 0.4) is 0 Å². The summed E-state index contributed by atoms with van der Waals surface area (Å²) in [7, 11) is 0. The monoisotopic (exact) mass is 371 g/mol. The van der Waals surface area contributed by atoms with E-state index in [9.17, 15) is 5.11 Å². The molecule has 0 radical (unpaired) electrons. The Hall–Kier alpha value is -1.61. The van der Waals surface area contributed by atoms with Gasteiger partial charge in [-0.3, -0.25) is 4.90 Å². The molecule has 1 atom stereocenters. The number of rotatable bonds is 8. The van der Waals surface area contributed by atoms with E-state index >= 15 is 0 Å². The van der Waals surface area contributed by atoms with Crippen molar-refractivity contribution in [2.75, 3.05) is 32.8 Å². The number of piperidine rings is 1. The lowest BCUT2D eigenvalue weighted by atomic mass is 9.79. The molecule has 0 bridgehead atoms. The van der Waals surface area contributed by atoms with Crippen LogP contribution in [0.15, 0.2) is 24.3 Å². The lowest BCUT2D eigenvalue weighted by Gasteiger charge is -2.48. The Labute approximate surface area is 163 Å². The number of hydrogen-bond donors (Lipinski definition) is 2. The zero-order valence-electron chi connectivity index (χ0n) is 16.3. The number of nitrogens with zero attached hydrogens (tertiary/aromatic N) is 2. The first-order valence-corrected chi connectivity index (χ1v) is 10.5. The molecule has 1 saturated carbocycles. The molecule has 2 N–H and O–H groups in total.